The average molecular weight is 309 g/mol. The highest BCUT2D eigenvalue weighted by Gasteiger charge is 2.36. The first kappa shape index (κ1) is 15.3. The molecule has 112 valence electrons. The molecule has 1 saturated heterocycles. The maximum Gasteiger partial charge on any atom is 0.451 e. The minimum atomic E-state index is -4.59. The Morgan fingerprint density at radius 1 is 1.40 bits per heavy atom. The van der Waals surface area contributed by atoms with Crippen molar-refractivity contribution in [1.29, 1.82) is 0 Å². The second kappa shape index (κ2) is 5.73. The van der Waals surface area contributed by atoms with Crippen molar-refractivity contribution < 1.29 is 13.2 Å². The van der Waals surface area contributed by atoms with Gasteiger partial charge in [-0.05, 0) is 26.9 Å². The largest absolute Gasteiger partial charge is 0.451 e. The molecule has 0 saturated carbocycles. The van der Waals surface area contributed by atoms with E-state index in [0.717, 1.165) is 19.4 Å². The van der Waals surface area contributed by atoms with Gasteiger partial charge in [0.05, 0.1) is 0 Å². The smallest absolute Gasteiger partial charge is 0.352 e. The fourth-order valence-electron chi connectivity index (χ4n) is 2.43. The third-order valence-electron chi connectivity index (χ3n) is 3.18. The lowest BCUT2D eigenvalue weighted by Gasteiger charge is -2.28. The molecule has 1 atom stereocenters. The van der Waals surface area contributed by atoms with E-state index >= 15 is 0 Å². The number of halogens is 4. The zero-order valence-corrected chi connectivity index (χ0v) is 12.0. The summed E-state index contributed by atoms with van der Waals surface area (Å²) < 4.78 is 38.2. The van der Waals surface area contributed by atoms with Crippen LogP contribution < -0.4 is 4.90 Å². The molecule has 1 aromatic rings. The van der Waals surface area contributed by atoms with Crippen LogP contribution in [0.4, 0.5) is 19.0 Å². The van der Waals surface area contributed by atoms with Gasteiger partial charge in [0, 0.05) is 25.2 Å². The summed E-state index contributed by atoms with van der Waals surface area (Å²) in [5, 5.41) is -0.183. The van der Waals surface area contributed by atoms with Gasteiger partial charge in [-0.15, -0.1) is 0 Å². The van der Waals surface area contributed by atoms with E-state index in [2.05, 4.69) is 9.97 Å². The molecule has 0 bridgehead atoms. The maximum atomic E-state index is 12.7. The van der Waals surface area contributed by atoms with Crippen molar-refractivity contribution in [2.75, 3.05) is 32.1 Å². The number of nitrogens with zero attached hydrogens (tertiary/aromatic N) is 4. The molecule has 1 aliphatic heterocycles. The fourth-order valence-corrected chi connectivity index (χ4v) is 2.61. The van der Waals surface area contributed by atoms with Crippen molar-refractivity contribution in [3.05, 3.63) is 17.0 Å². The second-order valence-corrected chi connectivity index (χ2v) is 5.51. The number of hydrogen-bond acceptors (Lipinski definition) is 4. The molecule has 4 nitrogen and oxygen atoms in total. The van der Waals surface area contributed by atoms with Crippen LogP contribution in [0.25, 0.3) is 0 Å². The first-order chi connectivity index (χ1) is 9.27. The molecule has 1 fully saturated rings. The third kappa shape index (κ3) is 3.52. The Balaban J connectivity index is 2.30. The number of anilines is 1. The molecule has 0 spiro atoms. The number of hydrogen-bond donors (Lipinski definition) is 0. The fraction of sp³-hybridized carbons (Fsp3) is 0.667. The summed E-state index contributed by atoms with van der Waals surface area (Å²) in [6, 6.07) is 1.54. The Morgan fingerprint density at radius 2 is 2.10 bits per heavy atom. The molecule has 1 aromatic heterocycles. The number of likely N-dealkylation sites (N-methyl/N-ethyl adjacent to an activating group) is 1. The molecule has 20 heavy (non-hydrogen) atoms. The van der Waals surface area contributed by atoms with E-state index in [1.807, 2.05) is 23.9 Å². The van der Waals surface area contributed by atoms with Gasteiger partial charge >= 0.3 is 6.18 Å². The van der Waals surface area contributed by atoms with Crippen LogP contribution in [0, 0.1) is 0 Å². The molecule has 0 aliphatic carbocycles. The second-order valence-electron chi connectivity index (χ2n) is 5.12. The van der Waals surface area contributed by atoms with Crippen molar-refractivity contribution in [3.8, 4) is 0 Å². The highest BCUT2D eigenvalue weighted by atomic mass is 35.5. The van der Waals surface area contributed by atoms with Gasteiger partial charge in [0.15, 0.2) is 0 Å². The standard InChI is InChI=1S/C12H16ClF3N4/c1-19(2)7-8-4-3-5-20(8)10-6-9(13)17-11(18-10)12(14,15)16/h6,8H,3-5,7H2,1-2H3. The van der Waals surface area contributed by atoms with Gasteiger partial charge in [-0.3, -0.25) is 0 Å². The van der Waals surface area contributed by atoms with Crippen LogP contribution in [-0.4, -0.2) is 48.1 Å². The van der Waals surface area contributed by atoms with Gasteiger partial charge < -0.3 is 9.80 Å². The van der Waals surface area contributed by atoms with Crippen LogP contribution in [0.2, 0.25) is 5.15 Å². The number of rotatable bonds is 3. The lowest BCUT2D eigenvalue weighted by Crippen LogP contribution is -2.38. The van der Waals surface area contributed by atoms with E-state index < -0.39 is 12.0 Å². The summed E-state index contributed by atoms with van der Waals surface area (Å²) in [6.07, 6.45) is -2.72. The molecule has 1 aliphatic rings. The predicted octanol–water partition coefficient (Wildman–Crippen LogP) is 2.68. The average Bonchev–Trinajstić information content (AvgIpc) is 2.74. The van der Waals surface area contributed by atoms with E-state index in [0.29, 0.717) is 6.54 Å². The van der Waals surface area contributed by atoms with Crippen LogP contribution in [-0.2, 0) is 6.18 Å². The summed E-state index contributed by atoms with van der Waals surface area (Å²) >= 11 is 5.70. The summed E-state index contributed by atoms with van der Waals surface area (Å²) in [4.78, 5) is 10.8. The van der Waals surface area contributed by atoms with Crippen molar-refractivity contribution in [1.82, 2.24) is 14.9 Å². The van der Waals surface area contributed by atoms with Crippen molar-refractivity contribution in [3.63, 3.8) is 0 Å². The predicted molar refractivity (Wildman–Crippen MR) is 71.0 cm³/mol. The first-order valence-corrected chi connectivity index (χ1v) is 6.68. The summed E-state index contributed by atoms with van der Waals surface area (Å²) in [7, 11) is 3.87. The van der Waals surface area contributed by atoms with Crippen molar-refractivity contribution in [2.45, 2.75) is 25.1 Å². The van der Waals surface area contributed by atoms with Gasteiger partial charge in [-0.1, -0.05) is 11.6 Å². The van der Waals surface area contributed by atoms with Gasteiger partial charge in [0.1, 0.15) is 11.0 Å². The highest BCUT2D eigenvalue weighted by Crippen LogP contribution is 2.31. The van der Waals surface area contributed by atoms with E-state index in [-0.39, 0.29) is 17.0 Å². The summed E-state index contributed by atoms with van der Waals surface area (Å²) in [5.74, 6) is -0.933. The minimum Gasteiger partial charge on any atom is -0.352 e. The molecule has 0 radical (unpaired) electrons. The Labute approximate surface area is 120 Å². The quantitative estimate of drug-likeness (QED) is 0.804. The maximum absolute atomic E-state index is 12.7. The summed E-state index contributed by atoms with van der Waals surface area (Å²) in [6.45, 7) is 1.45. The number of aromatic nitrogens is 2. The molecule has 0 amide bonds. The normalized spacial score (nSPS) is 19.9. The Kier molecular flexibility index (Phi) is 4.39. The lowest BCUT2D eigenvalue weighted by molar-refractivity contribution is -0.144. The molecular formula is C12H16ClF3N4. The number of alkyl halides is 3. The molecule has 0 N–H and O–H groups in total. The molecule has 8 heteroatoms. The monoisotopic (exact) mass is 308 g/mol. The molecule has 2 rings (SSSR count). The van der Waals surface area contributed by atoms with Crippen LogP contribution in [0.3, 0.4) is 0 Å². The van der Waals surface area contributed by atoms with E-state index in [1.54, 1.807) is 0 Å². The molecule has 0 aromatic carbocycles. The van der Waals surface area contributed by atoms with Crippen LogP contribution in [0.1, 0.15) is 18.7 Å². The van der Waals surface area contributed by atoms with E-state index in [1.165, 1.54) is 6.07 Å². The van der Waals surface area contributed by atoms with Crippen LogP contribution >= 0.6 is 11.6 Å². The van der Waals surface area contributed by atoms with Crippen molar-refractivity contribution in [2.24, 2.45) is 0 Å². The van der Waals surface area contributed by atoms with E-state index in [9.17, 15) is 13.2 Å². The summed E-state index contributed by atoms with van der Waals surface area (Å²) in [5.41, 5.74) is 0. The van der Waals surface area contributed by atoms with Crippen LogP contribution in [0.15, 0.2) is 6.07 Å². The Bertz CT molecular complexity index is 478. The Hall–Kier alpha value is -1.08. The third-order valence-corrected chi connectivity index (χ3v) is 3.38. The van der Waals surface area contributed by atoms with Gasteiger partial charge in [-0.25, -0.2) is 9.97 Å². The van der Waals surface area contributed by atoms with Crippen LogP contribution in [0.5, 0.6) is 0 Å². The SMILES string of the molecule is CN(C)CC1CCCN1c1cc(Cl)nc(C(F)(F)F)n1. The molecular weight excluding hydrogens is 293 g/mol. The molecule has 1 unspecified atom stereocenters. The minimum absolute atomic E-state index is 0.150. The zero-order chi connectivity index (χ0) is 14.9. The van der Waals surface area contributed by atoms with Crippen molar-refractivity contribution >= 4 is 17.4 Å². The lowest BCUT2D eigenvalue weighted by atomic mass is 10.2. The molecule has 2 heterocycles. The topological polar surface area (TPSA) is 32.3 Å². The zero-order valence-electron chi connectivity index (χ0n) is 11.3. The van der Waals surface area contributed by atoms with Gasteiger partial charge in [-0.2, -0.15) is 13.2 Å². The highest BCUT2D eigenvalue weighted by molar-refractivity contribution is 6.29. The first-order valence-electron chi connectivity index (χ1n) is 6.30. The van der Waals surface area contributed by atoms with Gasteiger partial charge in [0.25, 0.3) is 0 Å². The Morgan fingerprint density at radius 3 is 2.70 bits per heavy atom. The van der Waals surface area contributed by atoms with E-state index in [4.69, 9.17) is 11.6 Å². The van der Waals surface area contributed by atoms with Gasteiger partial charge in [0.2, 0.25) is 5.82 Å².